The second kappa shape index (κ2) is 3.36. The molecule has 1 aromatic carbocycles. The molecule has 0 aliphatic heterocycles. The first-order chi connectivity index (χ1) is 5.63. The quantitative estimate of drug-likeness (QED) is 0.470. The molecule has 0 bridgehead atoms. The Morgan fingerprint density at radius 3 is 2.00 bits per heavy atom. The molecule has 1 rings (SSSR count). The molecule has 0 aliphatic carbocycles. The van der Waals surface area contributed by atoms with Crippen LogP contribution in [0.1, 0.15) is 11.1 Å². The highest BCUT2D eigenvalue weighted by molar-refractivity contribution is 6.69. The van der Waals surface area contributed by atoms with E-state index in [1.54, 1.807) is 24.3 Å². The lowest BCUT2D eigenvalue weighted by Gasteiger charge is -2.03. The topological polar surface area (TPSA) is 73.7 Å². The van der Waals surface area contributed by atoms with E-state index in [2.05, 4.69) is 0 Å². The van der Waals surface area contributed by atoms with E-state index in [0.717, 1.165) is 0 Å². The fourth-order valence-electron chi connectivity index (χ4n) is 0.909. The average Bonchev–Trinajstić information content (AvgIpc) is 2.04. The summed E-state index contributed by atoms with van der Waals surface area (Å²) < 4.78 is 0. The number of amidine groups is 1. The van der Waals surface area contributed by atoms with Gasteiger partial charge in [0.25, 0.3) is 0 Å². The van der Waals surface area contributed by atoms with Gasteiger partial charge in [0.2, 0.25) is 0 Å². The number of hydrogen-bond acceptors (Lipinski definition) is 2. The minimum absolute atomic E-state index is 0.0731. The van der Waals surface area contributed by atoms with Crippen LogP contribution in [0, 0.1) is 10.8 Å². The molecule has 0 spiro atoms. The molecule has 0 radical (unpaired) electrons. The van der Waals surface area contributed by atoms with E-state index in [0.29, 0.717) is 11.1 Å². The number of hydrogen-bond donors (Lipinski definition) is 3. The van der Waals surface area contributed by atoms with Crippen LogP contribution in [0.4, 0.5) is 0 Å². The lowest BCUT2D eigenvalue weighted by Crippen LogP contribution is -2.14. The fourth-order valence-corrected chi connectivity index (χ4v) is 1.07. The van der Waals surface area contributed by atoms with Gasteiger partial charge in [-0.05, 0) is 0 Å². The van der Waals surface area contributed by atoms with Crippen molar-refractivity contribution < 1.29 is 0 Å². The summed E-state index contributed by atoms with van der Waals surface area (Å²) in [6.07, 6.45) is 0. The first kappa shape index (κ1) is 8.74. The van der Waals surface area contributed by atoms with Crippen LogP contribution in [0.5, 0.6) is 0 Å². The predicted molar refractivity (Wildman–Crippen MR) is 50.1 cm³/mol. The summed E-state index contributed by atoms with van der Waals surface area (Å²) in [5.74, 6) is -0.0731. The van der Waals surface area contributed by atoms with E-state index < -0.39 is 0 Å². The predicted octanol–water partition coefficient (Wildman–Crippen LogP) is 1.53. The maximum absolute atomic E-state index is 7.19. The molecule has 0 saturated heterocycles. The Hall–Kier alpha value is -1.35. The van der Waals surface area contributed by atoms with Crippen molar-refractivity contribution in [1.82, 2.24) is 0 Å². The van der Waals surface area contributed by atoms with Gasteiger partial charge in [-0.1, -0.05) is 35.9 Å². The summed E-state index contributed by atoms with van der Waals surface area (Å²) in [5.41, 5.74) is 6.27. The van der Waals surface area contributed by atoms with E-state index in [4.69, 9.17) is 28.2 Å². The highest BCUT2D eigenvalue weighted by Gasteiger charge is 2.06. The van der Waals surface area contributed by atoms with Gasteiger partial charge in [0.05, 0.1) is 0 Å². The summed E-state index contributed by atoms with van der Waals surface area (Å²) in [4.78, 5) is 0. The molecule has 3 nitrogen and oxygen atoms in total. The summed E-state index contributed by atoms with van der Waals surface area (Å²) in [7, 11) is 0. The van der Waals surface area contributed by atoms with Crippen LogP contribution in [0.25, 0.3) is 0 Å². The van der Waals surface area contributed by atoms with Crippen LogP contribution in [0.3, 0.4) is 0 Å². The zero-order chi connectivity index (χ0) is 9.14. The molecule has 0 fully saturated rings. The average molecular weight is 182 g/mol. The molecule has 0 amide bonds. The van der Waals surface area contributed by atoms with Gasteiger partial charge >= 0.3 is 0 Å². The number of nitrogen functional groups attached to an aromatic ring is 1. The molecule has 0 atom stereocenters. The third-order valence-electron chi connectivity index (χ3n) is 1.45. The number of nitrogens with two attached hydrogens (primary N) is 1. The number of benzene rings is 1. The smallest absolute Gasteiger partial charge is 0.128 e. The summed E-state index contributed by atoms with van der Waals surface area (Å²) >= 11 is 5.48. The minimum Gasteiger partial charge on any atom is -0.384 e. The Morgan fingerprint density at radius 1 is 1.17 bits per heavy atom. The van der Waals surface area contributed by atoms with Crippen molar-refractivity contribution in [3.05, 3.63) is 35.4 Å². The zero-order valence-electron chi connectivity index (χ0n) is 6.26. The highest BCUT2D eigenvalue weighted by Crippen LogP contribution is 2.10. The van der Waals surface area contributed by atoms with Crippen molar-refractivity contribution in [1.29, 1.82) is 10.8 Å². The maximum atomic E-state index is 7.19. The fraction of sp³-hybridized carbons (Fsp3) is 0. The lowest BCUT2D eigenvalue weighted by molar-refractivity contribution is 1.41. The molecule has 0 heterocycles. The minimum atomic E-state index is -0.0965. The Morgan fingerprint density at radius 2 is 1.67 bits per heavy atom. The van der Waals surface area contributed by atoms with Crippen molar-refractivity contribution in [2.24, 2.45) is 5.73 Å². The summed E-state index contributed by atoms with van der Waals surface area (Å²) in [5, 5.41) is 14.3. The SMILES string of the molecule is N=C(N)c1ccccc1C(=N)Cl. The number of halogens is 1. The second-order valence-electron chi connectivity index (χ2n) is 2.27. The van der Waals surface area contributed by atoms with Crippen molar-refractivity contribution in [3.63, 3.8) is 0 Å². The molecule has 0 aromatic heterocycles. The maximum Gasteiger partial charge on any atom is 0.128 e. The van der Waals surface area contributed by atoms with Gasteiger partial charge in [-0.3, -0.25) is 10.8 Å². The molecule has 12 heavy (non-hydrogen) atoms. The van der Waals surface area contributed by atoms with Gasteiger partial charge in [-0.25, -0.2) is 0 Å². The van der Waals surface area contributed by atoms with E-state index in [-0.39, 0.29) is 11.0 Å². The van der Waals surface area contributed by atoms with Crippen molar-refractivity contribution in [2.75, 3.05) is 0 Å². The third-order valence-corrected chi connectivity index (χ3v) is 1.66. The van der Waals surface area contributed by atoms with Crippen LogP contribution in [0.15, 0.2) is 24.3 Å². The Labute approximate surface area is 75.2 Å². The Kier molecular flexibility index (Phi) is 2.45. The van der Waals surface area contributed by atoms with E-state index >= 15 is 0 Å². The zero-order valence-corrected chi connectivity index (χ0v) is 7.02. The van der Waals surface area contributed by atoms with Crippen molar-refractivity contribution >= 4 is 22.6 Å². The van der Waals surface area contributed by atoms with Gasteiger partial charge in [0.1, 0.15) is 11.0 Å². The van der Waals surface area contributed by atoms with Gasteiger partial charge in [-0.15, -0.1) is 0 Å². The Balaban J connectivity index is 3.27. The van der Waals surface area contributed by atoms with E-state index in [9.17, 15) is 0 Å². The first-order valence-corrected chi connectivity index (χ1v) is 3.68. The van der Waals surface area contributed by atoms with E-state index in [1.807, 2.05) is 0 Å². The van der Waals surface area contributed by atoms with Gasteiger partial charge in [-0.2, -0.15) is 0 Å². The first-order valence-electron chi connectivity index (χ1n) is 3.31. The van der Waals surface area contributed by atoms with Crippen molar-refractivity contribution in [2.45, 2.75) is 0 Å². The number of nitrogens with one attached hydrogen (secondary N) is 2. The highest BCUT2D eigenvalue weighted by atomic mass is 35.5. The van der Waals surface area contributed by atoms with Gasteiger partial charge in [0.15, 0.2) is 0 Å². The largest absolute Gasteiger partial charge is 0.384 e. The number of rotatable bonds is 2. The van der Waals surface area contributed by atoms with Crippen molar-refractivity contribution in [3.8, 4) is 0 Å². The Bertz CT molecular complexity index is 300. The lowest BCUT2D eigenvalue weighted by atomic mass is 10.1. The van der Waals surface area contributed by atoms with E-state index in [1.165, 1.54) is 0 Å². The summed E-state index contributed by atoms with van der Waals surface area (Å²) in [6.45, 7) is 0. The second-order valence-corrected chi connectivity index (χ2v) is 2.65. The molecular formula is C8H8ClN3. The molecule has 1 aromatic rings. The molecule has 0 aliphatic rings. The summed E-state index contributed by atoms with van der Waals surface area (Å²) in [6, 6.07) is 6.82. The van der Waals surface area contributed by atoms with Crippen LogP contribution in [0.2, 0.25) is 0 Å². The standard InChI is InChI=1S/C8H8ClN3/c9-7(10)5-3-1-2-4-6(5)8(11)12/h1-4,10H,(H3,11,12). The van der Waals surface area contributed by atoms with Crippen LogP contribution >= 0.6 is 11.6 Å². The van der Waals surface area contributed by atoms with Crippen LogP contribution in [-0.2, 0) is 0 Å². The van der Waals surface area contributed by atoms with Crippen LogP contribution in [-0.4, -0.2) is 11.0 Å². The molecule has 0 unspecified atom stereocenters. The van der Waals surface area contributed by atoms with Gasteiger partial charge in [0, 0.05) is 11.1 Å². The normalized spacial score (nSPS) is 9.42. The molecule has 4 N–H and O–H groups in total. The molecular weight excluding hydrogens is 174 g/mol. The molecule has 0 saturated carbocycles. The van der Waals surface area contributed by atoms with Crippen LogP contribution < -0.4 is 5.73 Å². The molecule has 62 valence electrons. The van der Waals surface area contributed by atoms with Gasteiger partial charge < -0.3 is 5.73 Å². The monoisotopic (exact) mass is 181 g/mol. The third kappa shape index (κ3) is 1.62. The molecule has 4 heteroatoms.